The molecule has 0 rings (SSSR count). The molecule has 0 heterocycles. The van der Waals surface area contributed by atoms with E-state index in [0.717, 1.165) is 0 Å². The van der Waals surface area contributed by atoms with Crippen molar-refractivity contribution in [3.63, 3.8) is 0 Å². The molecule has 0 aliphatic rings. The quantitative estimate of drug-likeness (QED) is 0.478. The monoisotopic (exact) mass is 140 g/mol. The molecule has 0 radical (unpaired) electrons. The van der Waals surface area contributed by atoms with Gasteiger partial charge < -0.3 is 0 Å². The minimum atomic E-state index is -3.67. The van der Waals surface area contributed by atoms with Crippen molar-refractivity contribution >= 4 is 10.2 Å². The van der Waals surface area contributed by atoms with Gasteiger partial charge in [0.25, 0.3) is 10.2 Å². The van der Waals surface area contributed by atoms with Crippen molar-refractivity contribution in [1.82, 2.24) is 0 Å². The summed E-state index contributed by atoms with van der Waals surface area (Å²) in [5.41, 5.74) is 0. The van der Waals surface area contributed by atoms with Crippen molar-refractivity contribution in [3.8, 4) is 0 Å². The van der Waals surface area contributed by atoms with Gasteiger partial charge in [-0.15, -0.1) is 0 Å². The van der Waals surface area contributed by atoms with E-state index in [-0.39, 0.29) is 0 Å². The Bertz CT molecular complexity index is 109. The van der Waals surface area contributed by atoms with E-state index >= 15 is 0 Å². The number of nitrogens with two attached hydrogens (primary N) is 2. The van der Waals surface area contributed by atoms with E-state index in [0.29, 0.717) is 0 Å². The molecule has 0 bridgehead atoms. The zero-order valence-corrected chi connectivity index (χ0v) is 5.90. The van der Waals surface area contributed by atoms with Crippen molar-refractivity contribution in [2.45, 2.75) is 20.3 Å². The summed E-state index contributed by atoms with van der Waals surface area (Å²) in [5, 5.41) is 8.21. The Morgan fingerprint density at radius 2 is 1.25 bits per heavy atom. The van der Waals surface area contributed by atoms with Crippen LogP contribution in [0.15, 0.2) is 0 Å². The molecule has 0 unspecified atom stereocenters. The van der Waals surface area contributed by atoms with Gasteiger partial charge in [-0.3, -0.25) is 0 Å². The van der Waals surface area contributed by atoms with Crippen LogP contribution in [0.5, 0.6) is 0 Å². The minimum Gasteiger partial charge on any atom is -0.216 e. The van der Waals surface area contributed by atoms with Gasteiger partial charge in [0.05, 0.1) is 0 Å². The first-order valence-corrected chi connectivity index (χ1v) is 3.83. The van der Waals surface area contributed by atoms with Crippen LogP contribution >= 0.6 is 0 Å². The molecule has 0 aliphatic heterocycles. The second kappa shape index (κ2) is 5.02. The lowest BCUT2D eigenvalue weighted by molar-refractivity contribution is 0.599. The SMILES string of the molecule is CCC.NS(N)(=O)=O. The highest BCUT2D eigenvalue weighted by molar-refractivity contribution is 7.86. The Morgan fingerprint density at radius 3 is 1.25 bits per heavy atom. The van der Waals surface area contributed by atoms with E-state index in [1.165, 1.54) is 6.42 Å². The van der Waals surface area contributed by atoms with Gasteiger partial charge in [-0.05, 0) is 0 Å². The highest BCUT2D eigenvalue weighted by atomic mass is 32.2. The van der Waals surface area contributed by atoms with Gasteiger partial charge in [0.15, 0.2) is 0 Å². The van der Waals surface area contributed by atoms with Crippen LogP contribution < -0.4 is 10.3 Å². The number of hydrogen-bond acceptors (Lipinski definition) is 2. The smallest absolute Gasteiger partial charge is 0.216 e. The van der Waals surface area contributed by atoms with Crippen LogP contribution in [-0.4, -0.2) is 8.42 Å². The first kappa shape index (κ1) is 10.8. The van der Waals surface area contributed by atoms with Crippen LogP contribution in [0.25, 0.3) is 0 Å². The normalized spacial score (nSPS) is 9.50. The van der Waals surface area contributed by atoms with Gasteiger partial charge >= 0.3 is 0 Å². The molecule has 0 aromatic rings. The molecule has 0 saturated carbocycles. The lowest BCUT2D eigenvalue weighted by Crippen LogP contribution is -2.21. The molecule has 0 aliphatic carbocycles. The zero-order chi connectivity index (χ0) is 7.21. The van der Waals surface area contributed by atoms with Crippen molar-refractivity contribution < 1.29 is 8.42 Å². The molecular weight excluding hydrogens is 128 g/mol. The minimum absolute atomic E-state index is 1.25. The fourth-order valence-corrected chi connectivity index (χ4v) is 0. The summed E-state index contributed by atoms with van der Waals surface area (Å²) in [5.74, 6) is 0. The molecule has 0 aromatic heterocycles. The van der Waals surface area contributed by atoms with Crippen LogP contribution in [-0.2, 0) is 10.2 Å². The summed E-state index contributed by atoms with van der Waals surface area (Å²) >= 11 is 0. The third kappa shape index (κ3) is 8240. The lowest BCUT2D eigenvalue weighted by atomic mass is 10.6. The Kier molecular flexibility index (Phi) is 6.76. The van der Waals surface area contributed by atoms with Crippen molar-refractivity contribution in [1.29, 1.82) is 0 Å². The summed E-state index contributed by atoms with van der Waals surface area (Å²) < 4.78 is 18.4. The van der Waals surface area contributed by atoms with Gasteiger partial charge in [0.1, 0.15) is 0 Å². The fraction of sp³-hybridized carbons (Fsp3) is 1.00. The zero-order valence-electron chi connectivity index (χ0n) is 5.09. The van der Waals surface area contributed by atoms with Crippen LogP contribution in [0.2, 0.25) is 0 Å². The number of hydrogen-bond donors (Lipinski definition) is 2. The summed E-state index contributed by atoms with van der Waals surface area (Å²) in [6.45, 7) is 4.25. The van der Waals surface area contributed by atoms with E-state index in [4.69, 9.17) is 0 Å². The van der Waals surface area contributed by atoms with Crippen molar-refractivity contribution in [3.05, 3.63) is 0 Å². The Labute approximate surface area is 50.1 Å². The molecule has 4 N–H and O–H groups in total. The summed E-state index contributed by atoms with van der Waals surface area (Å²) in [6, 6.07) is 0. The fourth-order valence-electron chi connectivity index (χ4n) is 0. The van der Waals surface area contributed by atoms with E-state index in [9.17, 15) is 8.42 Å². The summed E-state index contributed by atoms with van der Waals surface area (Å²) in [6.07, 6.45) is 1.25. The molecular formula is C3H12N2O2S. The molecule has 52 valence electrons. The van der Waals surface area contributed by atoms with E-state index in [1.54, 1.807) is 0 Å². The standard InChI is InChI=1S/C3H8.H4N2O2S/c1-3-2;1-5(2,3)4/h3H2,1-2H3;(H4,1,2,3,4). The van der Waals surface area contributed by atoms with Gasteiger partial charge in [-0.2, -0.15) is 8.42 Å². The molecule has 0 aromatic carbocycles. The summed E-state index contributed by atoms with van der Waals surface area (Å²) in [4.78, 5) is 0. The lowest BCUT2D eigenvalue weighted by Gasteiger charge is -1.72. The third-order valence-electron chi connectivity index (χ3n) is 0. The average molecular weight is 140 g/mol. The molecule has 0 amide bonds. The van der Waals surface area contributed by atoms with Crippen molar-refractivity contribution in [2.75, 3.05) is 0 Å². The van der Waals surface area contributed by atoms with Gasteiger partial charge in [-0.25, -0.2) is 10.3 Å². The second-order valence-corrected chi connectivity index (χ2v) is 2.47. The van der Waals surface area contributed by atoms with E-state index in [2.05, 4.69) is 24.1 Å². The van der Waals surface area contributed by atoms with Crippen molar-refractivity contribution in [2.24, 2.45) is 10.3 Å². The molecule has 0 atom stereocenters. The largest absolute Gasteiger partial charge is 0.271 e. The predicted molar refractivity (Wildman–Crippen MR) is 33.3 cm³/mol. The maximum absolute atomic E-state index is 9.19. The molecule has 5 heteroatoms. The first-order valence-electron chi connectivity index (χ1n) is 2.22. The summed E-state index contributed by atoms with van der Waals surface area (Å²) in [7, 11) is -3.67. The Morgan fingerprint density at radius 1 is 1.25 bits per heavy atom. The predicted octanol–water partition coefficient (Wildman–Crippen LogP) is -0.435. The van der Waals surface area contributed by atoms with E-state index < -0.39 is 10.2 Å². The van der Waals surface area contributed by atoms with E-state index in [1.807, 2.05) is 0 Å². The van der Waals surface area contributed by atoms with Gasteiger partial charge in [0.2, 0.25) is 0 Å². The second-order valence-electron chi connectivity index (χ2n) is 1.30. The Hall–Kier alpha value is -0.130. The molecule has 0 saturated heterocycles. The van der Waals surface area contributed by atoms with Gasteiger partial charge in [0, 0.05) is 0 Å². The maximum Gasteiger partial charge on any atom is 0.271 e. The average Bonchev–Trinajstić information content (AvgIpc) is 1.27. The van der Waals surface area contributed by atoms with Crippen LogP contribution in [0.4, 0.5) is 0 Å². The number of rotatable bonds is 0. The highest BCUT2D eigenvalue weighted by Crippen LogP contribution is 1.56. The first-order chi connectivity index (χ1) is 3.41. The molecule has 4 nitrogen and oxygen atoms in total. The molecule has 8 heavy (non-hydrogen) atoms. The van der Waals surface area contributed by atoms with Crippen LogP contribution in [0.3, 0.4) is 0 Å². The van der Waals surface area contributed by atoms with Crippen LogP contribution in [0, 0.1) is 0 Å². The maximum atomic E-state index is 9.19. The molecule has 0 fully saturated rings. The topological polar surface area (TPSA) is 86.2 Å². The highest BCUT2D eigenvalue weighted by Gasteiger charge is 1.78. The van der Waals surface area contributed by atoms with Gasteiger partial charge in [-0.1, -0.05) is 20.3 Å². The van der Waals surface area contributed by atoms with Crippen LogP contribution in [0.1, 0.15) is 20.3 Å². The molecule has 0 spiro atoms. The Balaban J connectivity index is 0. The third-order valence-corrected chi connectivity index (χ3v) is 0.